The lowest BCUT2D eigenvalue weighted by atomic mass is 9.81. The molecule has 1 aromatic carbocycles. The molecule has 0 radical (unpaired) electrons. The van der Waals surface area contributed by atoms with Crippen LogP contribution in [0.2, 0.25) is 0 Å². The van der Waals surface area contributed by atoms with Gasteiger partial charge in [-0.1, -0.05) is 18.6 Å². The first-order chi connectivity index (χ1) is 13.9. The number of halogens is 3. The van der Waals surface area contributed by atoms with Gasteiger partial charge in [-0.25, -0.2) is 4.79 Å². The van der Waals surface area contributed by atoms with Gasteiger partial charge in [-0.2, -0.15) is 13.2 Å². The van der Waals surface area contributed by atoms with Crippen molar-refractivity contribution in [3.05, 3.63) is 54.0 Å². The van der Waals surface area contributed by atoms with Crippen LogP contribution in [0.15, 0.2) is 47.1 Å². The summed E-state index contributed by atoms with van der Waals surface area (Å²) in [7, 11) is 0. The van der Waals surface area contributed by atoms with Crippen LogP contribution in [0.1, 0.15) is 43.4 Å². The number of fused-ring (bicyclic) bond motifs is 2. The highest BCUT2D eigenvalue weighted by molar-refractivity contribution is 5.90. The molecule has 4 rings (SSSR count). The maximum Gasteiger partial charge on any atom is 0.418 e. The molecule has 2 aromatic rings. The normalized spacial score (nSPS) is 24.9. The Balaban J connectivity index is 1.38. The van der Waals surface area contributed by atoms with Gasteiger partial charge >= 0.3 is 12.2 Å². The number of hydrogen-bond donors (Lipinski definition) is 2. The number of carbonyl (C=O) groups is 1. The summed E-state index contributed by atoms with van der Waals surface area (Å²) in [5, 5.41) is 5.27. The predicted molar refractivity (Wildman–Crippen MR) is 102 cm³/mol. The largest absolute Gasteiger partial charge is 0.468 e. The lowest BCUT2D eigenvalue weighted by Gasteiger charge is -2.48. The molecule has 2 amide bonds. The highest BCUT2D eigenvalue weighted by Crippen LogP contribution is 2.36. The molecule has 2 unspecified atom stereocenters. The van der Waals surface area contributed by atoms with Crippen molar-refractivity contribution in [3.63, 3.8) is 0 Å². The number of anilines is 1. The van der Waals surface area contributed by atoms with E-state index in [-0.39, 0.29) is 11.7 Å². The fourth-order valence-electron chi connectivity index (χ4n) is 4.62. The lowest BCUT2D eigenvalue weighted by molar-refractivity contribution is -0.136. The summed E-state index contributed by atoms with van der Waals surface area (Å²) in [5.41, 5.74) is -1.08. The number of urea groups is 1. The maximum atomic E-state index is 13.1. The zero-order chi connectivity index (χ0) is 20.4. The molecule has 8 heteroatoms. The lowest BCUT2D eigenvalue weighted by Crippen LogP contribution is -2.56. The number of furan rings is 1. The highest BCUT2D eigenvalue weighted by atomic mass is 19.4. The van der Waals surface area contributed by atoms with E-state index in [9.17, 15) is 18.0 Å². The number of alkyl halides is 3. The second-order valence-electron chi connectivity index (χ2n) is 7.80. The third kappa shape index (κ3) is 4.58. The van der Waals surface area contributed by atoms with E-state index in [0.29, 0.717) is 12.1 Å². The van der Waals surface area contributed by atoms with Crippen molar-refractivity contribution in [1.29, 1.82) is 0 Å². The number of hydrogen-bond acceptors (Lipinski definition) is 3. The average molecular weight is 407 g/mol. The summed E-state index contributed by atoms with van der Waals surface area (Å²) in [6.07, 6.45) is 1.97. The predicted octanol–water partition coefficient (Wildman–Crippen LogP) is 5.01. The number of amides is 2. The summed E-state index contributed by atoms with van der Waals surface area (Å²) >= 11 is 0. The third-order valence-corrected chi connectivity index (χ3v) is 5.86. The maximum absolute atomic E-state index is 13.1. The molecule has 0 saturated carbocycles. The number of carbonyl (C=O) groups excluding carboxylic acids is 1. The zero-order valence-corrected chi connectivity index (χ0v) is 15.9. The Hall–Kier alpha value is -2.48. The molecule has 0 aliphatic carbocycles. The van der Waals surface area contributed by atoms with Gasteiger partial charge in [0.25, 0.3) is 0 Å². The molecule has 5 nitrogen and oxygen atoms in total. The number of nitrogens with one attached hydrogen (secondary N) is 2. The van der Waals surface area contributed by atoms with E-state index < -0.39 is 17.8 Å². The molecule has 2 bridgehead atoms. The molecule has 29 heavy (non-hydrogen) atoms. The fraction of sp³-hybridized carbons (Fsp3) is 0.476. The summed E-state index contributed by atoms with van der Waals surface area (Å²) in [5.74, 6) is 0.926. The van der Waals surface area contributed by atoms with E-state index >= 15 is 0 Å². The van der Waals surface area contributed by atoms with E-state index in [1.807, 2.05) is 12.1 Å². The van der Waals surface area contributed by atoms with Crippen LogP contribution < -0.4 is 10.6 Å². The minimum Gasteiger partial charge on any atom is -0.468 e. The van der Waals surface area contributed by atoms with Crippen LogP contribution in [0.25, 0.3) is 0 Å². The van der Waals surface area contributed by atoms with Gasteiger partial charge < -0.3 is 15.1 Å². The van der Waals surface area contributed by atoms with Crippen LogP contribution in [0.3, 0.4) is 0 Å². The van der Waals surface area contributed by atoms with Gasteiger partial charge in [-0.3, -0.25) is 4.90 Å². The standard InChI is InChI=1S/C21H24F3N3O2/c22-21(23,24)18-8-1-2-9-19(18)26-20(28)25-14-11-15-5-3-6-16(12-14)27(15)13-17-7-4-10-29-17/h1-2,4,7-10,14-16H,3,5-6,11-13H2,(H2,25,26,28). The molecule has 2 aliphatic heterocycles. The number of para-hydroxylation sites is 1. The summed E-state index contributed by atoms with van der Waals surface area (Å²) in [6.45, 7) is 0.750. The fourth-order valence-corrected chi connectivity index (χ4v) is 4.62. The van der Waals surface area contributed by atoms with E-state index in [2.05, 4.69) is 15.5 Å². The Morgan fingerprint density at radius 1 is 1.10 bits per heavy atom. The molecule has 156 valence electrons. The van der Waals surface area contributed by atoms with Crippen LogP contribution in [0.5, 0.6) is 0 Å². The molecule has 2 atom stereocenters. The second-order valence-corrected chi connectivity index (χ2v) is 7.80. The van der Waals surface area contributed by atoms with Gasteiger partial charge in [-0.05, 0) is 49.9 Å². The minimum atomic E-state index is -4.52. The molecular formula is C21H24F3N3O2. The van der Waals surface area contributed by atoms with Gasteiger partial charge in [0, 0.05) is 18.1 Å². The van der Waals surface area contributed by atoms with Crippen molar-refractivity contribution < 1.29 is 22.4 Å². The Bertz CT molecular complexity index is 824. The molecule has 2 N–H and O–H groups in total. The number of nitrogens with zero attached hydrogens (tertiary/aromatic N) is 1. The summed E-state index contributed by atoms with van der Waals surface area (Å²) in [6, 6.07) is 8.87. The van der Waals surface area contributed by atoms with Crippen LogP contribution in [0.4, 0.5) is 23.7 Å². The van der Waals surface area contributed by atoms with Gasteiger partial charge in [0.05, 0.1) is 24.1 Å². The number of piperidine rings is 2. The average Bonchev–Trinajstić information content (AvgIpc) is 3.15. The van der Waals surface area contributed by atoms with Crippen LogP contribution in [-0.4, -0.2) is 29.1 Å². The Kier molecular flexibility index (Phi) is 5.54. The first-order valence-electron chi connectivity index (χ1n) is 9.92. The summed E-state index contributed by atoms with van der Waals surface area (Å²) < 4.78 is 44.9. The van der Waals surface area contributed by atoms with E-state index in [1.165, 1.54) is 18.2 Å². The second kappa shape index (κ2) is 8.10. The van der Waals surface area contributed by atoms with Gasteiger partial charge in [0.2, 0.25) is 0 Å². The van der Waals surface area contributed by atoms with Crippen molar-refractivity contribution in [3.8, 4) is 0 Å². The quantitative estimate of drug-likeness (QED) is 0.750. The third-order valence-electron chi connectivity index (χ3n) is 5.86. The minimum absolute atomic E-state index is 0.0591. The molecule has 0 spiro atoms. The van der Waals surface area contributed by atoms with Crippen molar-refractivity contribution in [2.45, 2.75) is 63.0 Å². The molecular weight excluding hydrogens is 383 g/mol. The molecule has 3 heterocycles. The molecule has 2 aliphatic rings. The molecule has 2 saturated heterocycles. The summed E-state index contributed by atoms with van der Waals surface area (Å²) in [4.78, 5) is 14.8. The SMILES string of the molecule is O=C(Nc1ccccc1C(F)(F)F)NC1CC2CCCC(C1)N2Cc1ccco1. The van der Waals surface area contributed by atoms with Gasteiger partial charge in [0.15, 0.2) is 0 Å². The topological polar surface area (TPSA) is 57.5 Å². The van der Waals surface area contributed by atoms with Crippen LogP contribution in [-0.2, 0) is 12.7 Å². The Labute approximate surface area is 167 Å². The molecule has 2 fully saturated rings. The van der Waals surface area contributed by atoms with Crippen molar-refractivity contribution in [1.82, 2.24) is 10.2 Å². The first-order valence-corrected chi connectivity index (χ1v) is 9.92. The smallest absolute Gasteiger partial charge is 0.418 e. The first kappa shape index (κ1) is 19.8. The van der Waals surface area contributed by atoms with E-state index in [1.54, 1.807) is 6.26 Å². The monoisotopic (exact) mass is 407 g/mol. The molecule has 1 aromatic heterocycles. The van der Waals surface area contributed by atoms with E-state index in [0.717, 1.165) is 50.5 Å². The van der Waals surface area contributed by atoms with Crippen LogP contribution in [0, 0.1) is 0 Å². The van der Waals surface area contributed by atoms with Crippen molar-refractivity contribution in [2.75, 3.05) is 5.32 Å². The number of rotatable bonds is 4. The van der Waals surface area contributed by atoms with Gasteiger partial charge in [0.1, 0.15) is 5.76 Å². The van der Waals surface area contributed by atoms with Crippen LogP contribution >= 0.6 is 0 Å². The zero-order valence-electron chi connectivity index (χ0n) is 15.9. The van der Waals surface area contributed by atoms with Gasteiger partial charge in [-0.15, -0.1) is 0 Å². The Morgan fingerprint density at radius 3 is 2.48 bits per heavy atom. The van der Waals surface area contributed by atoms with Crippen molar-refractivity contribution >= 4 is 11.7 Å². The Morgan fingerprint density at radius 2 is 1.83 bits per heavy atom. The highest BCUT2D eigenvalue weighted by Gasteiger charge is 2.39. The number of benzene rings is 1. The van der Waals surface area contributed by atoms with Crippen molar-refractivity contribution in [2.24, 2.45) is 0 Å². The van der Waals surface area contributed by atoms with E-state index in [4.69, 9.17) is 4.42 Å².